The van der Waals surface area contributed by atoms with Gasteiger partial charge in [-0.1, -0.05) is 6.07 Å². The van der Waals surface area contributed by atoms with Crippen molar-refractivity contribution < 1.29 is 0 Å². The summed E-state index contributed by atoms with van der Waals surface area (Å²) in [6.07, 6.45) is 6.76. The average Bonchev–Trinajstić information content (AvgIpc) is 2.76. The molecule has 3 rings (SSSR count). The fraction of sp³-hybridized carbons (Fsp3) is 0.688. The van der Waals surface area contributed by atoms with Crippen LogP contribution in [0.25, 0.3) is 0 Å². The van der Waals surface area contributed by atoms with E-state index in [1.165, 1.54) is 43.7 Å². The maximum atomic E-state index is 5.98. The number of aromatic nitrogens is 1. The van der Waals surface area contributed by atoms with Crippen LogP contribution in [0.15, 0.2) is 18.3 Å². The first-order chi connectivity index (χ1) is 9.74. The minimum absolute atomic E-state index is 0.188. The Kier molecular flexibility index (Phi) is 4.22. The van der Waals surface area contributed by atoms with Crippen molar-refractivity contribution in [3.63, 3.8) is 0 Å². The Bertz CT molecular complexity index is 446. The van der Waals surface area contributed by atoms with Gasteiger partial charge in [0, 0.05) is 37.9 Å². The molecule has 0 aliphatic carbocycles. The number of pyridine rings is 1. The van der Waals surface area contributed by atoms with Gasteiger partial charge in [-0.15, -0.1) is 0 Å². The van der Waals surface area contributed by atoms with E-state index in [4.69, 9.17) is 5.73 Å². The maximum Gasteiger partial charge on any atom is 0.131 e. The van der Waals surface area contributed by atoms with Crippen LogP contribution in [0, 0.1) is 0 Å². The monoisotopic (exact) mass is 274 g/mol. The molecule has 0 saturated carbocycles. The Labute approximate surface area is 122 Å². The molecule has 2 N–H and O–H groups in total. The van der Waals surface area contributed by atoms with Crippen molar-refractivity contribution in [3.8, 4) is 0 Å². The van der Waals surface area contributed by atoms with E-state index in [9.17, 15) is 0 Å². The van der Waals surface area contributed by atoms with Gasteiger partial charge < -0.3 is 10.6 Å². The number of nitrogens with two attached hydrogens (primary N) is 1. The van der Waals surface area contributed by atoms with Crippen molar-refractivity contribution in [1.29, 1.82) is 0 Å². The first-order valence-electron chi connectivity index (χ1n) is 7.92. The van der Waals surface area contributed by atoms with Crippen LogP contribution in [0.5, 0.6) is 0 Å². The molecule has 0 amide bonds. The van der Waals surface area contributed by atoms with Gasteiger partial charge in [-0.05, 0) is 50.8 Å². The first kappa shape index (κ1) is 13.8. The molecule has 2 atom stereocenters. The van der Waals surface area contributed by atoms with Gasteiger partial charge in [0.25, 0.3) is 0 Å². The van der Waals surface area contributed by atoms with Gasteiger partial charge in [0.1, 0.15) is 5.82 Å². The molecule has 4 nitrogen and oxygen atoms in total. The summed E-state index contributed by atoms with van der Waals surface area (Å²) < 4.78 is 0. The molecule has 20 heavy (non-hydrogen) atoms. The number of nitrogens with zero attached hydrogens (tertiary/aromatic N) is 3. The second-order valence-corrected chi connectivity index (χ2v) is 6.30. The average molecular weight is 274 g/mol. The summed E-state index contributed by atoms with van der Waals surface area (Å²) in [6.45, 7) is 6.85. The smallest absolute Gasteiger partial charge is 0.131 e. The zero-order valence-electron chi connectivity index (χ0n) is 12.5. The Morgan fingerprint density at radius 2 is 2.20 bits per heavy atom. The quantitative estimate of drug-likeness (QED) is 0.910. The van der Waals surface area contributed by atoms with Crippen molar-refractivity contribution in [1.82, 2.24) is 9.88 Å². The molecule has 0 spiro atoms. The molecule has 110 valence electrons. The molecule has 3 heterocycles. The lowest BCUT2D eigenvalue weighted by molar-refractivity contribution is 0.273. The minimum atomic E-state index is 0.188. The highest BCUT2D eigenvalue weighted by atomic mass is 15.3. The minimum Gasteiger partial charge on any atom is -0.355 e. The van der Waals surface area contributed by atoms with Crippen molar-refractivity contribution in [3.05, 3.63) is 23.9 Å². The lowest BCUT2D eigenvalue weighted by atomic mass is 10.1. The molecule has 1 aromatic rings. The summed E-state index contributed by atoms with van der Waals surface area (Å²) in [5.74, 6) is 1.17. The SMILES string of the molecule is CC(N)Cc1cccnc1N1CCCN2CCCC2C1. The Morgan fingerprint density at radius 3 is 3.05 bits per heavy atom. The molecule has 1 aromatic heterocycles. The zero-order chi connectivity index (χ0) is 13.9. The van der Waals surface area contributed by atoms with E-state index in [-0.39, 0.29) is 6.04 Å². The van der Waals surface area contributed by atoms with E-state index < -0.39 is 0 Å². The fourth-order valence-electron chi connectivity index (χ4n) is 3.62. The summed E-state index contributed by atoms with van der Waals surface area (Å²) in [5, 5.41) is 0. The second kappa shape index (κ2) is 6.10. The molecule has 2 aliphatic heterocycles. The highest BCUT2D eigenvalue weighted by Gasteiger charge is 2.29. The summed E-state index contributed by atoms with van der Waals surface area (Å²) in [4.78, 5) is 9.82. The number of fused-ring (bicyclic) bond motifs is 1. The van der Waals surface area contributed by atoms with Crippen LogP contribution >= 0.6 is 0 Å². The van der Waals surface area contributed by atoms with Crippen LogP contribution in [0.3, 0.4) is 0 Å². The van der Waals surface area contributed by atoms with E-state index in [0.29, 0.717) is 0 Å². The third kappa shape index (κ3) is 2.96. The van der Waals surface area contributed by atoms with Crippen LogP contribution in [-0.2, 0) is 6.42 Å². The molecule has 4 heteroatoms. The second-order valence-electron chi connectivity index (χ2n) is 6.30. The van der Waals surface area contributed by atoms with Crippen molar-refractivity contribution >= 4 is 5.82 Å². The Morgan fingerprint density at radius 1 is 1.35 bits per heavy atom. The third-order valence-corrected chi connectivity index (χ3v) is 4.51. The van der Waals surface area contributed by atoms with Crippen molar-refractivity contribution in [2.24, 2.45) is 5.73 Å². The molecule has 0 aromatic carbocycles. The van der Waals surface area contributed by atoms with E-state index >= 15 is 0 Å². The summed E-state index contributed by atoms with van der Waals surface area (Å²) in [6, 6.07) is 5.12. The third-order valence-electron chi connectivity index (χ3n) is 4.51. The predicted octanol–water partition coefficient (Wildman–Crippen LogP) is 1.65. The van der Waals surface area contributed by atoms with Crippen LogP contribution in [0.1, 0.15) is 31.7 Å². The largest absolute Gasteiger partial charge is 0.355 e. The van der Waals surface area contributed by atoms with Crippen molar-refractivity contribution in [2.75, 3.05) is 31.1 Å². The van der Waals surface area contributed by atoms with Gasteiger partial charge in [0.15, 0.2) is 0 Å². The molecule has 2 saturated heterocycles. The Hall–Kier alpha value is -1.13. The lowest BCUT2D eigenvalue weighted by Gasteiger charge is -2.28. The van der Waals surface area contributed by atoms with Gasteiger partial charge in [0.2, 0.25) is 0 Å². The predicted molar refractivity (Wildman–Crippen MR) is 83.0 cm³/mol. The van der Waals surface area contributed by atoms with E-state index in [1.54, 1.807) is 0 Å². The number of hydrogen-bond acceptors (Lipinski definition) is 4. The maximum absolute atomic E-state index is 5.98. The number of hydrogen-bond donors (Lipinski definition) is 1. The first-order valence-corrected chi connectivity index (χ1v) is 7.92. The fourth-order valence-corrected chi connectivity index (χ4v) is 3.62. The van der Waals surface area contributed by atoms with Crippen LogP contribution in [-0.4, -0.2) is 48.1 Å². The standard InChI is InChI=1S/C16H26N4/c1-13(17)11-14-5-2-7-18-16(14)20-10-4-9-19-8-3-6-15(19)12-20/h2,5,7,13,15H,3-4,6,8-12,17H2,1H3. The molecule has 2 fully saturated rings. The van der Waals surface area contributed by atoms with Gasteiger partial charge in [0.05, 0.1) is 0 Å². The van der Waals surface area contributed by atoms with E-state index in [0.717, 1.165) is 25.6 Å². The molecule has 2 aliphatic rings. The molecular weight excluding hydrogens is 248 g/mol. The zero-order valence-corrected chi connectivity index (χ0v) is 12.5. The summed E-state index contributed by atoms with van der Waals surface area (Å²) in [7, 11) is 0. The number of anilines is 1. The summed E-state index contributed by atoms with van der Waals surface area (Å²) in [5.41, 5.74) is 7.28. The number of rotatable bonds is 3. The van der Waals surface area contributed by atoms with Gasteiger partial charge in [-0.2, -0.15) is 0 Å². The molecule has 0 bridgehead atoms. The van der Waals surface area contributed by atoms with E-state index in [1.807, 2.05) is 12.3 Å². The van der Waals surface area contributed by atoms with Crippen LogP contribution in [0.4, 0.5) is 5.82 Å². The van der Waals surface area contributed by atoms with Crippen LogP contribution in [0.2, 0.25) is 0 Å². The highest BCUT2D eigenvalue weighted by molar-refractivity contribution is 5.47. The molecule has 2 unspecified atom stereocenters. The topological polar surface area (TPSA) is 45.4 Å². The normalized spacial score (nSPS) is 25.3. The van der Waals surface area contributed by atoms with E-state index in [2.05, 4.69) is 27.8 Å². The molecule has 0 radical (unpaired) electrons. The Balaban J connectivity index is 1.80. The van der Waals surface area contributed by atoms with Crippen molar-refractivity contribution in [2.45, 2.75) is 44.7 Å². The van der Waals surface area contributed by atoms with Gasteiger partial charge in [-0.25, -0.2) is 4.98 Å². The van der Waals surface area contributed by atoms with Gasteiger partial charge in [-0.3, -0.25) is 4.90 Å². The summed E-state index contributed by atoms with van der Waals surface area (Å²) >= 11 is 0. The molecular formula is C16H26N4. The highest BCUT2D eigenvalue weighted by Crippen LogP contribution is 2.26. The van der Waals surface area contributed by atoms with Crippen LogP contribution < -0.4 is 10.6 Å². The van der Waals surface area contributed by atoms with Gasteiger partial charge >= 0.3 is 0 Å². The lowest BCUT2D eigenvalue weighted by Crippen LogP contribution is -2.37.